The number of nitrogens with zero attached hydrogens (tertiary/aromatic N) is 1. The Labute approximate surface area is 128 Å². The van der Waals surface area contributed by atoms with Crippen molar-refractivity contribution in [3.05, 3.63) is 71.2 Å². The van der Waals surface area contributed by atoms with Crippen LogP contribution in [0, 0.1) is 12.7 Å². The molecule has 0 aliphatic heterocycles. The summed E-state index contributed by atoms with van der Waals surface area (Å²) >= 11 is 0. The van der Waals surface area contributed by atoms with Gasteiger partial charge in [0.25, 0.3) is 0 Å². The predicted octanol–water partition coefficient (Wildman–Crippen LogP) is 4.86. The summed E-state index contributed by atoms with van der Waals surface area (Å²) < 4.78 is 18.6. The van der Waals surface area contributed by atoms with E-state index < -0.39 is 0 Å². The van der Waals surface area contributed by atoms with Crippen LogP contribution in [-0.2, 0) is 0 Å². The van der Waals surface area contributed by atoms with Gasteiger partial charge in [-0.3, -0.25) is 0 Å². The molecule has 0 saturated heterocycles. The SMILES string of the molecule is COc1ccc(/C=C/c2ccc3cc(C)ccc3n2)cc1F. The number of halogens is 1. The number of aromatic nitrogens is 1. The van der Waals surface area contributed by atoms with Gasteiger partial charge in [0.1, 0.15) is 0 Å². The van der Waals surface area contributed by atoms with Crippen molar-refractivity contribution in [1.82, 2.24) is 4.98 Å². The minimum Gasteiger partial charge on any atom is -0.494 e. The molecule has 3 aromatic rings. The van der Waals surface area contributed by atoms with E-state index in [1.165, 1.54) is 18.7 Å². The number of hydrogen-bond donors (Lipinski definition) is 0. The number of rotatable bonds is 3. The van der Waals surface area contributed by atoms with Crippen molar-refractivity contribution >= 4 is 23.1 Å². The molecule has 0 saturated carbocycles. The van der Waals surface area contributed by atoms with Crippen LogP contribution in [0.3, 0.4) is 0 Å². The molecule has 0 unspecified atom stereocenters. The van der Waals surface area contributed by atoms with Gasteiger partial charge < -0.3 is 4.74 Å². The third-order valence-corrected chi connectivity index (χ3v) is 3.49. The molecule has 0 atom stereocenters. The molecule has 2 nitrogen and oxygen atoms in total. The highest BCUT2D eigenvalue weighted by atomic mass is 19.1. The topological polar surface area (TPSA) is 22.1 Å². The quantitative estimate of drug-likeness (QED) is 0.688. The van der Waals surface area contributed by atoms with Crippen LogP contribution in [0.5, 0.6) is 5.75 Å². The number of methoxy groups -OCH3 is 1. The molecule has 0 spiro atoms. The van der Waals surface area contributed by atoms with E-state index in [2.05, 4.69) is 18.0 Å². The van der Waals surface area contributed by atoms with E-state index in [4.69, 9.17) is 4.74 Å². The zero-order valence-electron chi connectivity index (χ0n) is 12.5. The Kier molecular flexibility index (Phi) is 3.88. The number of fused-ring (bicyclic) bond motifs is 1. The van der Waals surface area contributed by atoms with E-state index in [9.17, 15) is 4.39 Å². The minimum atomic E-state index is -0.369. The first-order valence-corrected chi connectivity index (χ1v) is 7.05. The van der Waals surface area contributed by atoms with Crippen molar-refractivity contribution < 1.29 is 9.13 Å². The van der Waals surface area contributed by atoms with Crippen LogP contribution in [0.25, 0.3) is 23.1 Å². The van der Waals surface area contributed by atoms with Crippen molar-refractivity contribution in [2.24, 2.45) is 0 Å². The number of ether oxygens (including phenoxy) is 1. The second kappa shape index (κ2) is 5.98. The second-order valence-electron chi connectivity index (χ2n) is 5.16. The van der Waals surface area contributed by atoms with Crippen LogP contribution in [-0.4, -0.2) is 12.1 Å². The molecular formula is C19H16FNO. The molecule has 110 valence electrons. The average Bonchev–Trinajstić information content (AvgIpc) is 2.53. The monoisotopic (exact) mass is 293 g/mol. The van der Waals surface area contributed by atoms with E-state index in [1.807, 2.05) is 42.5 Å². The molecule has 0 aliphatic rings. The molecule has 22 heavy (non-hydrogen) atoms. The highest BCUT2D eigenvalue weighted by molar-refractivity contribution is 5.81. The van der Waals surface area contributed by atoms with Crippen LogP contribution >= 0.6 is 0 Å². The zero-order valence-corrected chi connectivity index (χ0v) is 12.5. The van der Waals surface area contributed by atoms with Crippen molar-refractivity contribution in [1.29, 1.82) is 0 Å². The largest absolute Gasteiger partial charge is 0.494 e. The average molecular weight is 293 g/mol. The van der Waals surface area contributed by atoms with E-state index >= 15 is 0 Å². The predicted molar refractivity (Wildman–Crippen MR) is 88.4 cm³/mol. The first kappa shape index (κ1) is 14.3. The summed E-state index contributed by atoms with van der Waals surface area (Å²) in [5, 5.41) is 1.12. The standard InChI is InChI=1S/C19H16FNO/c1-13-3-9-18-15(11-13)6-8-16(21-18)7-4-14-5-10-19(22-2)17(20)12-14/h3-12H,1-2H3/b7-4+. The molecule has 0 N–H and O–H groups in total. The lowest BCUT2D eigenvalue weighted by Crippen LogP contribution is -1.88. The summed E-state index contributed by atoms with van der Waals surface area (Å²) in [6.07, 6.45) is 3.71. The van der Waals surface area contributed by atoms with Gasteiger partial charge in [-0.1, -0.05) is 29.8 Å². The fourth-order valence-corrected chi connectivity index (χ4v) is 2.32. The van der Waals surface area contributed by atoms with Crippen LogP contribution < -0.4 is 4.74 Å². The Bertz CT molecular complexity index is 855. The Morgan fingerprint density at radius 3 is 2.64 bits per heavy atom. The molecule has 0 radical (unpaired) electrons. The maximum atomic E-state index is 13.6. The summed E-state index contributed by atoms with van der Waals surface area (Å²) in [6, 6.07) is 15.0. The Morgan fingerprint density at radius 2 is 1.86 bits per heavy atom. The molecule has 0 aliphatic carbocycles. The van der Waals surface area contributed by atoms with Gasteiger partial charge in [0.15, 0.2) is 11.6 Å². The van der Waals surface area contributed by atoms with Gasteiger partial charge in [-0.05, 0) is 48.9 Å². The van der Waals surface area contributed by atoms with Gasteiger partial charge >= 0.3 is 0 Å². The molecule has 1 aromatic heterocycles. The fourth-order valence-electron chi connectivity index (χ4n) is 2.32. The van der Waals surface area contributed by atoms with Crippen molar-refractivity contribution in [2.45, 2.75) is 6.92 Å². The zero-order chi connectivity index (χ0) is 15.5. The molecule has 0 fully saturated rings. The minimum absolute atomic E-state index is 0.247. The van der Waals surface area contributed by atoms with Gasteiger partial charge in [0.2, 0.25) is 0 Å². The Hall–Kier alpha value is -2.68. The number of benzene rings is 2. The number of hydrogen-bond acceptors (Lipinski definition) is 2. The smallest absolute Gasteiger partial charge is 0.165 e. The number of pyridine rings is 1. The van der Waals surface area contributed by atoms with E-state index in [0.717, 1.165) is 22.2 Å². The van der Waals surface area contributed by atoms with Gasteiger partial charge in [0.05, 0.1) is 18.3 Å². The normalized spacial score (nSPS) is 11.2. The summed E-state index contributed by atoms with van der Waals surface area (Å²) in [6.45, 7) is 2.06. The van der Waals surface area contributed by atoms with Gasteiger partial charge in [-0.25, -0.2) is 9.37 Å². The van der Waals surface area contributed by atoms with Crippen LogP contribution in [0.15, 0.2) is 48.5 Å². The van der Waals surface area contributed by atoms with Crippen LogP contribution in [0.2, 0.25) is 0 Å². The van der Waals surface area contributed by atoms with Crippen LogP contribution in [0.4, 0.5) is 4.39 Å². The van der Waals surface area contributed by atoms with Gasteiger partial charge in [-0.2, -0.15) is 0 Å². The highest BCUT2D eigenvalue weighted by Crippen LogP contribution is 2.20. The number of aryl methyl sites for hydroxylation is 1. The summed E-state index contributed by atoms with van der Waals surface area (Å²) in [5.41, 5.74) is 3.77. The molecule has 1 heterocycles. The fraction of sp³-hybridized carbons (Fsp3) is 0.105. The maximum Gasteiger partial charge on any atom is 0.165 e. The lowest BCUT2D eigenvalue weighted by atomic mass is 10.1. The van der Waals surface area contributed by atoms with Gasteiger partial charge in [0, 0.05) is 5.39 Å². The first-order valence-electron chi connectivity index (χ1n) is 7.05. The molecule has 3 rings (SSSR count). The summed E-state index contributed by atoms with van der Waals surface area (Å²) in [5.74, 6) is -0.122. The third-order valence-electron chi connectivity index (χ3n) is 3.49. The Morgan fingerprint density at radius 1 is 1.00 bits per heavy atom. The van der Waals surface area contributed by atoms with E-state index in [-0.39, 0.29) is 11.6 Å². The Balaban J connectivity index is 1.88. The van der Waals surface area contributed by atoms with Crippen molar-refractivity contribution in [2.75, 3.05) is 7.11 Å². The van der Waals surface area contributed by atoms with Crippen molar-refractivity contribution in [3.63, 3.8) is 0 Å². The molecule has 0 bridgehead atoms. The summed E-state index contributed by atoms with van der Waals surface area (Å²) in [4.78, 5) is 4.58. The van der Waals surface area contributed by atoms with E-state index in [0.29, 0.717) is 0 Å². The second-order valence-corrected chi connectivity index (χ2v) is 5.16. The van der Waals surface area contributed by atoms with E-state index in [1.54, 1.807) is 6.07 Å². The van der Waals surface area contributed by atoms with Gasteiger partial charge in [-0.15, -0.1) is 0 Å². The van der Waals surface area contributed by atoms with Crippen LogP contribution in [0.1, 0.15) is 16.8 Å². The molecular weight excluding hydrogens is 277 g/mol. The lowest BCUT2D eigenvalue weighted by molar-refractivity contribution is 0.386. The van der Waals surface area contributed by atoms with Crippen molar-refractivity contribution in [3.8, 4) is 5.75 Å². The molecule has 2 aromatic carbocycles. The third kappa shape index (κ3) is 2.98. The first-order chi connectivity index (χ1) is 10.7. The lowest BCUT2D eigenvalue weighted by Gasteiger charge is -2.02. The molecule has 3 heteroatoms. The summed E-state index contributed by atoms with van der Waals surface area (Å²) in [7, 11) is 1.45. The maximum absolute atomic E-state index is 13.6. The highest BCUT2D eigenvalue weighted by Gasteiger charge is 2.01. The molecule has 0 amide bonds.